The summed E-state index contributed by atoms with van der Waals surface area (Å²) in [7, 11) is 1.76. The number of carbonyl (C=O) groups is 1. The number of piperidine rings is 1. The van der Waals surface area contributed by atoms with E-state index in [-0.39, 0.29) is 11.2 Å². The van der Waals surface area contributed by atoms with Crippen LogP contribution in [0, 0.1) is 0 Å². The Hall–Kier alpha value is -1.20. The Bertz CT molecular complexity index is 535. The molecule has 23 heavy (non-hydrogen) atoms. The van der Waals surface area contributed by atoms with Crippen molar-refractivity contribution in [1.29, 1.82) is 0 Å². The second-order valence-corrected chi connectivity index (χ2v) is 8.01. The lowest BCUT2D eigenvalue weighted by molar-refractivity contribution is -0.130. The number of likely N-dealkylation sites (tertiary alicyclic amines) is 1. The van der Waals surface area contributed by atoms with Crippen molar-refractivity contribution in [2.75, 3.05) is 20.2 Å². The fraction of sp³-hybridized carbons (Fsp3) is 0.778. The van der Waals surface area contributed by atoms with Crippen LogP contribution in [0.25, 0.3) is 0 Å². The van der Waals surface area contributed by atoms with Crippen molar-refractivity contribution >= 4 is 5.78 Å². The molecule has 0 spiro atoms. The summed E-state index contributed by atoms with van der Waals surface area (Å²) in [5.74, 6) is 1.00. The molecule has 1 aromatic rings. The van der Waals surface area contributed by atoms with Crippen LogP contribution in [0.1, 0.15) is 58.9 Å². The lowest BCUT2D eigenvalue weighted by atomic mass is 9.89. The van der Waals surface area contributed by atoms with E-state index in [0.29, 0.717) is 12.5 Å². The predicted octanol–water partition coefficient (Wildman–Crippen LogP) is 2.97. The summed E-state index contributed by atoms with van der Waals surface area (Å²) < 4.78 is 10.8. The van der Waals surface area contributed by atoms with E-state index in [1.165, 1.54) is 0 Å². The van der Waals surface area contributed by atoms with Crippen molar-refractivity contribution in [1.82, 2.24) is 10.1 Å². The Kier molecular flexibility index (Phi) is 5.31. The largest absolute Gasteiger partial charge is 0.381 e. The molecule has 0 aliphatic carbocycles. The van der Waals surface area contributed by atoms with Crippen LogP contribution in [0.2, 0.25) is 0 Å². The second kappa shape index (κ2) is 6.73. The number of ketones is 1. The second-order valence-electron chi connectivity index (χ2n) is 8.01. The van der Waals surface area contributed by atoms with Gasteiger partial charge in [-0.15, -0.1) is 0 Å². The van der Waals surface area contributed by atoms with E-state index in [1.807, 2.05) is 19.9 Å². The summed E-state index contributed by atoms with van der Waals surface area (Å²) in [5.41, 5.74) is 0.144. The highest BCUT2D eigenvalue weighted by Gasteiger charge is 2.37. The molecular formula is C18H30N2O3. The van der Waals surface area contributed by atoms with Crippen LogP contribution in [-0.2, 0) is 21.4 Å². The highest BCUT2D eigenvalue weighted by molar-refractivity contribution is 5.89. The van der Waals surface area contributed by atoms with E-state index in [4.69, 9.17) is 9.26 Å². The third kappa shape index (κ3) is 4.21. The number of rotatable bonds is 5. The van der Waals surface area contributed by atoms with Gasteiger partial charge in [0, 0.05) is 31.7 Å². The van der Waals surface area contributed by atoms with E-state index in [2.05, 4.69) is 30.8 Å². The van der Waals surface area contributed by atoms with Gasteiger partial charge >= 0.3 is 0 Å². The van der Waals surface area contributed by atoms with Gasteiger partial charge in [-0.25, -0.2) is 0 Å². The van der Waals surface area contributed by atoms with Gasteiger partial charge in [-0.05, 0) is 26.7 Å². The predicted molar refractivity (Wildman–Crippen MR) is 89.6 cm³/mol. The molecule has 1 fully saturated rings. The molecule has 1 saturated heterocycles. The van der Waals surface area contributed by atoms with Crippen LogP contribution in [0.15, 0.2) is 10.6 Å². The lowest BCUT2D eigenvalue weighted by Crippen LogP contribution is -2.54. The molecule has 0 amide bonds. The van der Waals surface area contributed by atoms with Crippen LogP contribution in [0.4, 0.5) is 0 Å². The zero-order chi connectivity index (χ0) is 17.3. The highest BCUT2D eigenvalue weighted by Crippen LogP contribution is 2.26. The summed E-state index contributed by atoms with van der Waals surface area (Å²) in [6.07, 6.45) is 2.59. The fourth-order valence-electron chi connectivity index (χ4n) is 2.96. The molecule has 130 valence electrons. The maximum Gasteiger partial charge on any atom is 0.158 e. The first-order valence-corrected chi connectivity index (χ1v) is 8.42. The van der Waals surface area contributed by atoms with Crippen molar-refractivity contribution in [2.45, 2.75) is 70.9 Å². The molecule has 1 aliphatic heterocycles. The van der Waals surface area contributed by atoms with Gasteiger partial charge in [0.25, 0.3) is 0 Å². The van der Waals surface area contributed by atoms with Crippen LogP contribution in [0.3, 0.4) is 0 Å². The van der Waals surface area contributed by atoms with E-state index in [9.17, 15) is 4.79 Å². The van der Waals surface area contributed by atoms with Gasteiger partial charge in [0.05, 0.1) is 23.8 Å². The maximum absolute atomic E-state index is 12.8. The number of aromatic nitrogens is 1. The number of ether oxygens (including phenoxy) is 1. The topological polar surface area (TPSA) is 55.6 Å². The van der Waals surface area contributed by atoms with Gasteiger partial charge in [0.15, 0.2) is 5.78 Å². The van der Waals surface area contributed by atoms with Crippen molar-refractivity contribution in [3.63, 3.8) is 0 Å². The monoisotopic (exact) mass is 322 g/mol. The van der Waals surface area contributed by atoms with Gasteiger partial charge in [-0.3, -0.25) is 9.69 Å². The zero-order valence-electron chi connectivity index (χ0n) is 15.3. The first kappa shape index (κ1) is 18.1. The minimum atomic E-state index is -0.487. The molecule has 2 rings (SSSR count). The molecule has 0 aromatic carbocycles. The van der Waals surface area contributed by atoms with Gasteiger partial charge in [0.1, 0.15) is 5.76 Å². The molecule has 1 aromatic heterocycles. The highest BCUT2D eigenvalue weighted by atomic mass is 16.5. The minimum absolute atomic E-state index is 0.0914. The lowest BCUT2D eigenvalue weighted by Gasteiger charge is -2.41. The Morgan fingerprint density at radius 1 is 1.30 bits per heavy atom. The molecule has 0 saturated carbocycles. The zero-order valence-corrected chi connectivity index (χ0v) is 15.3. The number of carbonyl (C=O) groups excluding carboxylic acids is 1. The number of methoxy groups -OCH3 is 1. The Morgan fingerprint density at radius 3 is 2.39 bits per heavy atom. The number of Topliss-reactive ketones (excluding diaryl/α,β-unsaturated/α-hetero) is 1. The molecule has 5 nitrogen and oxygen atoms in total. The maximum atomic E-state index is 12.8. The molecule has 0 bridgehead atoms. The van der Waals surface area contributed by atoms with Crippen molar-refractivity contribution in [3.05, 3.63) is 17.5 Å². The summed E-state index contributed by atoms with van der Waals surface area (Å²) in [6.45, 7) is 12.0. The van der Waals surface area contributed by atoms with Crippen molar-refractivity contribution in [3.8, 4) is 0 Å². The van der Waals surface area contributed by atoms with Gasteiger partial charge in [0.2, 0.25) is 0 Å². The number of hydrogen-bond donors (Lipinski definition) is 0. The normalized spacial score (nSPS) is 18.3. The molecule has 5 heteroatoms. The third-order valence-electron chi connectivity index (χ3n) is 4.89. The molecule has 0 N–H and O–H groups in total. The quantitative estimate of drug-likeness (QED) is 0.834. The molecule has 2 heterocycles. The first-order valence-electron chi connectivity index (χ1n) is 8.42. The minimum Gasteiger partial charge on any atom is -0.381 e. The van der Waals surface area contributed by atoms with Crippen molar-refractivity contribution in [2.24, 2.45) is 0 Å². The van der Waals surface area contributed by atoms with Crippen LogP contribution in [0.5, 0.6) is 0 Å². The molecule has 1 aliphatic rings. The first-order chi connectivity index (χ1) is 10.6. The standard InChI is InChI=1S/C18H30N2O3/c1-17(2,3)16-12-13(19-23-16)11-15(21)18(4,5)20-9-7-14(22-6)8-10-20/h12,14H,7-11H2,1-6H3. The molecular weight excluding hydrogens is 292 g/mol. The van der Waals surface area contributed by atoms with E-state index in [0.717, 1.165) is 37.4 Å². The molecule has 0 radical (unpaired) electrons. The molecule has 0 unspecified atom stereocenters. The fourth-order valence-corrected chi connectivity index (χ4v) is 2.96. The third-order valence-corrected chi connectivity index (χ3v) is 4.89. The average molecular weight is 322 g/mol. The Morgan fingerprint density at radius 2 is 1.91 bits per heavy atom. The van der Waals surface area contributed by atoms with E-state index < -0.39 is 5.54 Å². The Labute approximate surface area is 139 Å². The van der Waals surface area contributed by atoms with E-state index >= 15 is 0 Å². The van der Waals surface area contributed by atoms with E-state index in [1.54, 1.807) is 7.11 Å². The summed E-state index contributed by atoms with van der Waals surface area (Å²) in [5, 5.41) is 4.07. The summed E-state index contributed by atoms with van der Waals surface area (Å²) in [4.78, 5) is 15.0. The number of hydrogen-bond acceptors (Lipinski definition) is 5. The van der Waals surface area contributed by atoms with Gasteiger partial charge in [-0.1, -0.05) is 25.9 Å². The van der Waals surface area contributed by atoms with Crippen LogP contribution >= 0.6 is 0 Å². The van der Waals surface area contributed by atoms with Crippen molar-refractivity contribution < 1.29 is 14.1 Å². The summed E-state index contributed by atoms with van der Waals surface area (Å²) >= 11 is 0. The SMILES string of the molecule is COC1CCN(C(C)(C)C(=O)Cc2cc(C(C)(C)C)on2)CC1. The van der Waals surface area contributed by atoms with Gasteiger partial charge < -0.3 is 9.26 Å². The van der Waals surface area contributed by atoms with Gasteiger partial charge in [-0.2, -0.15) is 0 Å². The van der Waals surface area contributed by atoms with Crippen LogP contribution < -0.4 is 0 Å². The smallest absolute Gasteiger partial charge is 0.158 e. The Balaban J connectivity index is 2.00. The van der Waals surface area contributed by atoms with Crippen LogP contribution in [-0.4, -0.2) is 47.7 Å². The summed E-state index contributed by atoms with van der Waals surface area (Å²) in [6, 6.07) is 1.91. The molecule has 0 atom stereocenters. The number of nitrogens with zero attached hydrogens (tertiary/aromatic N) is 2. The average Bonchev–Trinajstić information content (AvgIpc) is 2.96.